The molecule has 0 aliphatic heterocycles. The van der Waals surface area contributed by atoms with Gasteiger partial charge in [0.2, 0.25) is 0 Å². The molecule has 0 saturated carbocycles. The van der Waals surface area contributed by atoms with Gasteiger partial charge in [0.1, 0.15) is 44.7 Å². The van der Waals surface area contributed by atoms with Gasteiger partial charge in [-0.05, 0) is 199 Å². The van der Waals surface area contributed by atoms with Crippen LogP contribution in [0.3, 0.4) is 0 Å². The summed E-state index contributed by atoms with van der Waals surface area (Å²) in [5.41, 5.74) is 26.6. The first-order valence-corrected chi connectivity index (χ1v) is 44.6. The Morgan fingerprint density at radius 2 is 0.636 bits per heavy atom. The molecule has 0 amide bonds. The van der Waals surface area contributed by atoms with Crippen molar-refractivity contribution in [1.29, 1.82) is 0 Å². The van der Waals surface area contributed by atoms with E-state index < -0.39 is 0 Å². The highest BCUT2D eigenvalue weighted by Gasteiger charge is 2.27. The summed E-state index contributed by atoms with van der Waals surface area (Å²) in [5.74, 6) is 0. The fraction of sp³-hybridized carbons (Fsp3) is 0. The van der Waals surface area contributed by atoms with Gasteiger partial charge >= 0.3 is 0 Å². The highest BCUT2D eigenvalue weighted by atomic mass is 32.1. The van der Waals surface area contributed by atoms with E-state index in [9.17, 15) is 0 Å². The minimum Gasteiger partial charge on any atom is -0.456 e. The van der Waals surface area contributed by atoms with E-state index in [1.54, 1.807) is 0 Å². The molecule has 600 valence electrons. The van der Waals surface area contributed by atoms with E-state index in [0.29, 0.717) is 0 Å². The Balaban J connectivity index is 0.0000000976. The molecular weight excluding hydrogens is 1600 g/mol. The fourth-order valence-corrected chi connectivity index (χ4v) is 22.4. The number of hydrogen-bond acceptors (Lipinski definition) is 6. The first kappa shape index (κ1) is 71.4. The third kappa shape index (κ3) is 10.8. The monoisotopic (exact) mass is 1660 g/mol. The molecule has 0 radical (unpaired) electrons. The molecule has 21 aromatic carbocycles. The number of thiophene rings is 1. The van der Waals surface area contributed by atoms with Gasteiger partial charge < -0.3 is 35.8 Å². The largest absolute Gasteiger partial charge is 0.456 e. The number of hydrogen-bond donors (Lipinski definition) is 0. The van der Waals surface area contributed by atoms with Crippen LogP contribution in [-0.4, -0.2) is 13.7 Å². The Kier molecular flexibility index (Phi) is 15.4. The molecule has 0 N–H and O–H groups in total. The first-order valence-electron chi connectivity index (χ1n) is 43.8. The van der Waals surface area contributed by atoms with Crippen molar-refractivity contribution in [2.45, 2.75) is 0 Å². The maximum Gasteiger partial charge on any atom is 0.160 e. The lowest BCUT2D eigenvalue weighted by Gasteiger charge is -2.11. The van der Waals surface area contributed by atoms with Crippen LogP contribution in [0.5, 0.6) is 0 Å². The van der Waals surface area contributed by atoms with Gasteiger partial charge in [-0.1, -0.05) is 285 Å². The zero-order valence-corrected chi connectivity index (χ0v) is 69.9. The predicted molar refractivity (Wildman–Crippen MR) is 540 cm³/mol. The quantitative estimate of drug-likeness (QED) is 0.166. The lowest BCUT2D eigenvalue weighted by Crippen LogP contribution is -1.94. The Bertz CT molecular complexity index is 9960. The number of nitrogens with zero attached hydrogens (tertiary/aromatic N) is 3. The summed E-state index contributed by atoms with van der Waals surface area (Å²) < 4.78 is 41.7. The van der Waals surface area contributed by atoms with Crippen molar-refractivity contribution in [2.24, 2.45) is 0 Å². The Hall–Kier alpha value is -17.0. The average Bonchev–Trinajstić information content (AvgIpc) is 1.53. The second kappa shape index (κ2) is 27.8. The number of fused-ring (bicyclic) bond motifs is 35. The maximum absolute atomic E-state index is 6.72. The number of rotatable bonds is 6. The molecule has 0 saturated heterocycles. The van der Waals surface area contributed by atoms with Crippen LogP contribution >= 0.6 is 11.3 Å². The highest BCUT2D eigenvalue weighted by molar-refractivity contribution is 7.26. The first-order chi connectivity index (χ1) is 64.0. The lowest BCUT2D eigenvalue weighted by molar-refractivity contribution is 0.668. The summed E-state index contributed by atoms with van der Waals surface area (Å²) >= 11 is 1.88. The zero-order valence-electron chi connectivity index (χ0n) is 69.1. The van der Waals surface area contributed by atoms with Gasteiger partial charge in [0.15, 0.2) is 11.2 Å². The SMILES string of the molecule is c1ccc2c(c1)ccc1c2c2ccc3c4ccccc4oc3c2n1-c1ccc(-c2ccc3oc4ccccc4c3c2)cc1.c1ccc2c(c1)oc1c2c2ccccc2c2c3ccccc3n(-c3ccc(-c4cccc5c4sc4ccccc45)cc3)c12.c1ccc2cc3c(cc2c1)c1cc2oc4ccccc4c2cc1n3-c1ccc(-c2cccc3oc4ccccc4c23)cc1. The molecule has 9 aromatic heterocycles. The maximum atomic E-state index is 6.72. The number of furan rings is 5. The van der Waals surface area contributed by atoms with Gasteiger partial charge in [0.05, 0.1) is 33.1 Å². The average molecular weight is 1660 g/mol. The van der Waals surface area contributed by atoms with Crippen LogP contribution in [0.1, 0.15) is 0 Å². The Morgan fingerprint density at radius 3 is 1.36 bits per heavy atom. The van der Waals surface area contributed by atoms with Gasteiger partial charge in [0, 0.05) is 123 Å². The molecule has 0 fully saturated rings. The molecule has 0 spiro atoms. The number of benzene rings is 21. The second-order valence-electron chi connectivity index (χ2n) is 33.9. The molecular formula is C120H69N3O5S. The van der Waals surface area contributed by atoms with Crippen LogP contribution in [0, 0.1) is 0 Å². The summed E-state index contributed by atoms with van der Waals surface area (Å²) in [6, 6.07) is 149. The molecule has 0 unspecified atom stereocenters. The lowest BCUT2D eigenvalue weighted by atomic mass is 9.99. The number of aromatic nitrogens is 3. The molecule has 30 aromatic rings. The smallest absolute Gasteiger partial charge is 0.160 e. The van der Waals surface area contributed by atoms with Crippen molar-refractivity contribution in [3.63, 3.8) is 0 Å². The minimum atomic E-state index is 0.907. The third-order valence-corrected chi connectivity index (χ3v) is 28.2. The third-order valence-electron chi connectivity index (χ3n) is 27.0. The zero-order chi connectivity index (χ0) is 84.2. The van der Waals surface area contributed by atoms with E-state index in [4.69, 9.17) is 22.1 Å². The summed E-state index contributed by atoms with van der Waals surface area (Å²) in [4.78, 5) is 0. The van der Waals surface area contributed by atoms with Crippen LogP contribution in [0.15, 0.2) is 441 Å². The van der Waals surface area contributed by atoms with E-state index in [2.05, 4.69) is 390 Å². The standard InChI is InChI=1S/2C40H23NO2.C40H23NOS/c1-2-8-28-25(7-1)15-21-34-38(28)32-20-19-31-29-9-3-6-12-36(29)43-40(31)39(32)41(34)27-17-13-24(14-18-27)26-16-22-37-33(23-26)30-10-4-5-11-35(30)42-37;1-2-9-26-21-34-31(20-25(26)8-1)32-23-39-33(29-10-3-5-13-36(29)43-39)22-35(32)41(34)27-18-16-24(17-19-27)28-12-7-15-38-40(28)30-11-4-6-14-37(30)42-38;1-2-12-29-28(11-1)36-31-13-3-6-17-33(31)41(38(36)39-37(29)32-14-4-7-18-34(32)42-39)25-22-20-24(21-23-25)26-15-9-16-30-27-10-5-8-19-35(27)43-40(26)30/h3*1-23H. The molecule has 0 bridgehead atoms. The van der Waals surface area contributed by atoms with Crippen LogP contribution in [0.4, 0.5) is 0 Å². The van der Waals surface area contributed by atoms with Gasteiger partial charge in [0.25, 0.3) is 0 Å². The summed E-state index contributed by atoms with van der Waals surface area (Å²) in [6.07, 6.45) is 0. The summed E-state index contributed by atoms with van der Waals surface area (Å²) in [7, 11) is 0. The van der Waals surface area contributed by atoms with Crippen LogP contribution < -0.4 is 0 Å². The van der Waals surface area contributed by atoms with Gasteiger partial charge in [-0.15, -0.1) is 11.3 Å². The highest BCUT2D eigenvalue weighted by Crippen LogP contribution is 2.50. The van der Waals surface area contributed by atoms with Gasteiger partial charge in [-0.25, -0.2) is 0 Å². The normalized spacial score (nSPS) is 12.2. The molecule has 8 nitrogen and oxygen atoms in total. The van der Waals surface area contributed by atoms with Gasteiger partial charge in [-0.2, -0.15) is 0 Å². The van der Waals surface area contributed by atoms with Crippen LogP contribution in [-0.2, 0) is 0 Å². The predicted octanol–water partition coefficient (Wildman–Crippen LogP) is 34.7. The van der Waals surface area contributed by atoms with Crippen LogP contribution in [0.2, 0.25) is 0 Å². The van der Waals surface area contributed by atoms with E-state index in [0.717, 1.165) is 144 Å². The van der Waals surface area contributed by atoms with E-state index in [1.165, 1.54) is 135 Å². The Labute approximate surface area is 738 Å². The summed E-state index contributed by atoms with van der Waals surface area (Å²) in [5, 5.41) is 28.8. The molecule has 9 heterocycles. The van der Waals surface area contributed by atoms with Crippen molar-refractivity contribution >= 4 is 239 Å². The molecule has 30 rings (SSSR count). The van der Waals surface area contributed by atoms with E-state index >= 15 is 0 Å². The molecule has 9 heteroatoms. The van der Waals surface area contributed by atoms with Crippen molar-refractivity contribution in [1.82, 2.24) is 13.7 Å². The summed E-state index contributed by atoms with van der Waals surface area (Å²) in [6.45, 7) is 0. The molecule has 0 aliphatic carbocycles. The van der Waals surface area contributed by atoms with Crippen molar-refractivity contribution in [3.05, 3.63) is 419 Å². The van der Waals surface area contributed by atoms with Crippen molar-refractivity contribution in [3.8, 4) is 50.4 Å². The second-order valence-corrected chi connectivity index (χ2v) is 35.0. The molecule has 0 aliphatic rings. The fourth-order valence-electron chi connectivity index (χ4n) is 21.2. The van der Waals surface area contributed by atoms with E-state index in [-0.39, 0.29) is 0 Å². The molecule has 0 atom stereocenters. The topological polar surface area (TPSA) is 80.5 Å². The number of para-hydroxylation sites is 6. The van der Waals surface area contributed by atoms with Crippen LogP contribution in [0.25, 0.3) is 278 Å². The van der Waals surface area contributed by atoms with Crippen molar-refractivity contribution < 1.29 is 22.1 Å². The minimum absolute atomic E-state index is 0.907. The van der Waals surface area contributed by atoms with Gasteiger partial charge in [-0.3, -0.25) is 0 Å². The molecule has 129 heavy (non-hydrogen) atoms. The van der Waals surface area contributed by atoms with E-state index in [1.807, 2.05) is 53.8 Å². The van der Waals surface area contributed by atoms with Crippen molar-refractivity contribution in [2.75, 3.05) is 0 Å². The Morgan fingerprint density at radius 1 is 0.178 bits per heavy atom.